The lowest BCUT2D eigenvalue weighted by molar-refractivity contribution is -0.121. The van der Waals surface area contributed by atoms with Crippen LogP contribution in [0.25, 0.3) is 4.85 Å². The van der Waals surface area contributed by atoms with E-state index in [9.17, 15) is 14.0 Å². The van der Waals surface area contributed by atoms with E-state index in [0.29, 0.717) is 29.9 Å². The van der Waals surface area contributed by atoms with E-state index < -0.39 is 17.3 Å². The van der Waals surface area contributed by atoms with E-state index in [0.717, 1.165) is 31.2 Å². The predicted molar refractivity (Wildman–Crippen MR) is 130 cm³/mol. The van der Waals surface area contributed by atoms with Gasteiger partial charge in [0.05, 0.1) is 12.1 Å². The number of carbonyl (C=O) groups is 2. The van der Waals surface area contributed by atoms with Crippen molar-refractivity contribution >= 4 is 46.2 Å². The molecule has 4 rings (SSSR count). The molecule has 33 heavy (non-hydrogen) atoms. The van der Waals surface area contributed by atoms with Gasteiger partial charge < -0.3 is 10.2 Å². The molecular weight excluding hydrogens is 439 g/mol. The van der Waals surface area contributed by atoms with E-state index in [2.05, 4.69) is 10.2 Å². The Balaban J connectivity index is 1.84. The number of nitrogens with one attached hydrogen (secondary N) is 1. The number of amides is 2. The zero-order valence-corrected chi connectivity index (χ0v) is 19.5. The van der Waals surface area contributed by atoms with Crippen molar-refractivity contribution in [1.29, 1.82) is 0 Å². The fourth-order valence-corrected chi connectivity index (χ4v) is 5.34. The number of anilines is 2. The molecule has 1 aliphatic heterocycles. The summed E-state index contributed by atoms with van der Waals surface area (Å²) in [5.41, 5.74) is 1.37. The molecule has 1 aliphatic carbocycles. The van der Waals surface area contributed by atoms with Crippen LogP contribution in [0, 0.1) is 19.3 Å². The van der Waals surface area contributed by atoms with Crippen LogP contribution in [0.5, 0.6) is 0 Å². The lowest BCUT2D eigenvalue weighted by Gasteiger charge is -2.35. The molecule has 0 unspecified atom stereocenters. The maximum atomic E-state index is 14.9. The normalized spacial score (nSPS) is 17.8. The van der Waals surface area contributed by atoms with E-state index in [-0.39, 0.29) is 16.6 Å². The van der Waals surface area contributed by atoms with Crippen LogP contribution in [0.3, 0.4) is 0 Å². The van der Waals surface area contributed by atoms with Crippen molar-refractivity contribution in [1.82, 2.24) is 5.32 Å². The highest BCUT2D eigenvalue weighted by Crippen LogP contribution is 2.44. The van der Waals surface area contributed by atoms with E-state index in [1.165, 1.54) is 24.1 Å². The molecule has 2 aromatic carbocycles. The van der Waals surface area contributed by atoms with Gasteiger partial charge in [0.25, 0.3) is 11.8 Å². The molecule has 1 saturated carbocycles. The average molecular weight is 465 g/mol. The number of nitrogens with zero attached hydrogens (tertiary/aromatic N) is 3. The minimum atomic E-state index is -0.902. The number of hydrogen-bond donors (Lipinski definition) is 1. The molecule has 1 spiro atoms. The van der Waals surface area contributed by atoms with Crippen molar-refractivity contribution in [2.45, 2.75) is 51.0 Å². The minimum Gasteiger partial charge on any atom is -0.355 e. The van der Waals surface area contributed by atoms with Crippen LogP contribution >= 0.6 is 12.2 Å². The number of thiocarbonyl (C=S) groups is 1. The van der Waals surface area contributed by atoms with E-state index in [4.69, 9.17) is 18.8 Å². The largest absolute Gasteiger partial charge is 0.355 e. The van der Waals surface area contributed by atoms with Crippen molar-refractivity contribution in [2.75, 3.05) is 16.8 Å². The molecule has 6 nitrogen and oxygen atoms in total. The van der Waals surface area contributed by atoms with Gasteiger partial charge in [-0.15, -0.1) is 0 Å². The second-order valence-corrected chi connectivity index (χ2v) is 8.90. The smallest absolute Gasteiger partial charge is 0.259 e. The van der Waals surface area contributed by atoms with Gasteiger partial charge in [-0.2, -0.15) is 0 Å². The fourth-order valence-electron chi connectivity index (χ4n) is 4.88. The predicted octanol–water partition coefficient (Wildman–Crippen LogP) is 5.28. The molecular formula is C25H25FN4O2S. The SMILES string of the molecule is [C-]#[N+]c1ccc(N2C(=O)C3(CCCCCC3)N(c3ccc(C(=O)NC)c(F)c3)C2=S)cc1C. The summed E-state index contributed by atoms with van der Waals surface area (Å²) >= 11 is 5.82. The van der Waals surface area contributed by atoms with Crippen molar-refractivity contribution in [3.63, 3.8) is 0 Å². The van der Waals surface area contributed by atoms with Gasteiger partial charge in [0.15, 0.2) is 10.8 Å². The third kappa shape index (κ3) is 3.76. The van der Waals surface area contributed by atoms with Crippen LogP contribution in [0.4, 0.5) is 21.5 Å². The number of rotatable bonds is 3. The molecule has 2 amide bonds. The lowest BCUT2D eigenvalue weighted by Crippen LogP contribution is -2.49. The first-order chi connectivity index (χ1) is 15.8. The summed E-state index contributed by atoms with van der Waals surface area (Å²) in [7, 11) is 1.45. The Bertz CT molecular complexity index is 1180. The summed E-state index contributed by atoms with van der Waals surface area (Å²) in [6.45, 7) is 9.12. The zero-order valence-electron chi connectivity index (χ0n) is 18.7. The molecule has 0 radical (unpaired) electrons. The van der Waals surface area contributed by atoms with Gasteiger partial charge in [0.2, 0.25) is 0 Å². The van der Waals surface area contributed by atoms with Crippen molar-refractivity contribution in [3.8, 4) is 0 Å². The van der Waals surface area contributed by atoms with Crippen molar-refractivity contribution < 1.29 is 14.0 Å². The van der Waals surface area contributed by atoms with Gasteiger partial charge in [-0.3, -0.25) is 14.5 Å². The monoisotopic (exact) mass is 464 g/mol. The van der Waals surface area contributed by atoms with Crippen molar-refractivity contribution in [3.05, 3.63) is 64.8 Å². The Hall–Kier alpha value is -3.31. The van der Waals surface area contributed by atoms with Crippen molar-refractivity contribution in [2.24, 2.45) is 0 Å². The number of hydrogen-bond acceptors (Lipinski definition) is 3. The molecule has 0 aromatic heterocycles. The van der Waals surface area contributed by atoms with Crippen LogP contribution in [0.1, 0.15) is 54.4 Å². The van der Waals surface area contributed by atoms with E-state index in [1.807, 2.05) is 6.92 Å². The first-order valence-corrected chi connectivity index (χ1v) is 11.4. The highest BCUT2D eigenvalue weighted by Gasteiger charge is 2.56. The molecule has 1 heterocycles. The number of halogens is 1. The maximum Gasteiger partial charge on any atom is 0.259 e. The number of aryl methyl sites for hydroxylation is 1. The minimum absolute atomic E-state index is 0.0604. The molecule has 2 aromatic rings. The molecule has 1 N–H and O–H groups in total. The van der Waals surface area contributed by atoms with Gasteiger partial charge in [0, 0.05) is 18.4 Å². The summed E-state index contributed by atoms with van der Waals surface area (Å²) in [5.74, 6) is -1.30. The summed E-state index contributed by atoms with van der Waals surface area (Å²) < 4.78 is 14.9. The van der Waals surface area contributed by atoms with Gasteiger partial charge in [-0.1, -0.05) is 31.7 Å². The fraction of sp³-hybridized carbons (Fsp3) is 0.360. The highest BCUT2D eigenvalue weighted by molar-refractivity contribution is 7.81. The quantitative estimate of drug-likeness (QED) is 0.496. The van der Waals surface area contributed by atoms with E-state index in [1.54, 1.807) is 29.2 Å². The van der Waals surface area contributed by atoms with Crippen LogP contribution in [0.2, 0.25) is 0 Å². The Morgan fingerprint density at radius 2 is 1.79 bits per heavy atom. The molecule has 8 heteroatoms. The Labute approximate surface area is 198 Å². The van der Waals surface area contributed by atoms with Gasteiger partial charge >= 0.3 is 0 Å². The third-order valence-corrected chi connectivity index (χ3v) is 6.95. The standard InChI is InChI=1S/C25H25FN4O2S/c1-16-14-17(9-11-21(16)27-2)29-23(32)25(12-6-4-5-7-13-25)30(24(29)33)18-8-10-19(20(26)15-18)22(31)28-3/h8-11,14-15H,4-7,12-13H2,1,3H3,(H,28,31). The van der Waals surface area contributed by atoms with Crippen LogP contribution in [-0.2, 0) is 4.79 Å². The molecule has 0 atom stereocenters. The third-order valence-electron chi connectivity index (χ3n) is 6.58. The summed E-state index contributed by atoms with van der Waals surface area (Å²) in [5, 5.41) is 2.71. The molecule has 2 aliphatic rings. The number of benzene rings is 2. The molecule has 2 fully saturated rings. The summed E-state index contributed by atoms with van der Waals surface area (Å²) in [6.07, 6.45) is 5.01. The lowest BCUT2D eigenvalue weighted by atomic mass is 9.88. The average Bonchev–Trinajstić information content (AvgIpc) is 2.95. The second kappa shape index (κ2) is 8.91. The van der Waals surface area contributed by atoms with Gasteiger partial charge in [0.1, 0.15) is 11.4 Å². The summed E-state index contributed by atoms with van der Waals surface area (Å²) in [6, 6.07) is 9.57. The van der Waals surface area contributed by atoms with Gasteiger partial charge in [-0.25, -0.2) is 9.24 Å². The molecule has 1 saturated heterocycles. The number of carbonyl (C=O) groups excluding carboxylic acids is 2. The second-order valence-electron chi connectivity index (χ2n) is 8.53. The zero-order chi connectivity index (χ0) is 23.8. The van der Waals surface area contributed by atoms with E-state index >= 15 is 0 Å². The first kappa shape index (κ1) is 22.9. The Morgan fingerprint density at radius 1 is 1.12 bits per heavy atom. The Kier molecular flexibility index (Phi) is 6.17. The maximum absolute atomic E-state index is 14.9. The van der Waals surface area contributed by atoms with Crippen LogP contribution in [0.15, 0.2) is 36.4 Å². The van der Waals surface area contributed by atoms with Gasteiger partial charge in [-0.05, 0) is 67.9 Å². The first-order valence-electron chi connectivity index (χ1n) is 11.0. The van der Waals surface area contributed by atoms with Crippen LogP contribution in [-0.4, -0.2) is 29.5 Å². The molecule has 0 bridgehead atoms. The van der Waals surface area contributed by atoms with Crippen LogP contribution < -0.4 is 15.1 Å². The topological polar surface area (TPSA) is 57.0 Å². The summed E-state index contributed by atoms with van der Waals surface area (Å²) in [4.78, 5) is 32.8. The highest BCUT2D eigenvalue weighted by atomic mass is 32.1. The molecule has 170 valence electrons. The Morgan fingerprint density at radius 3 is 2.36 bits per heavy atom.